The highest BCUT2D eigenvalue weighted by molar-refractivity contribution is 5.79. The molecule has 0 aromatic heterocycles. The zero-order valence-corrected chi connectivity index (χ0v) is 15.4. The Balaban J connectivity index is 4.93. The number of ether oxygens (including phenoxy) is 1. The van der Waals surface area contributed by atoms with E-state index in [2.05, 4.69) is 25.7 Å². The fraction of sp³-hybridized carbons (Fsp3) is 0.632. The number of nitrogens with one attached hydrogen (secondary N) is 1. The Morgan fingerprint density at radius 3 is 2.39 bits per heavy atom. The molecule has 1 amide bonds. The van der Waals surface area contributed by atoms with Gasteiger partial charge in [0.05, 0.1) is 24.2 Å². The monoisotopic (exact) mass is 323 g/mol. The van der Waals surface area contributed by atoms with Gasteiger partial charge >= 0.3 is 0 Å². The van der Waals surface area contributed by atoms with E-state index in [1.807, 2.05) is 26.0 Å². The van der Waals surface area contributed by atoms with Gasteiger partial charge in [0.15, 0.2) is 0 Å². The second-order valence-corrected chi connectivity index (χ2v) is 6.02. The lowest BCUT2D eigenvalue weighted by Gasteiger charge is -2.29. The number of aliphatic hydroxyl groups excluding tert-OH is 1. The summed E-state index contributed by atoms with van der Waals surface area (Å²) in [7, 11) is 1.63. The fourth-order valence-corrected chi connectivity index (χ4v) is 2.62. The van der Waals surface area contributed by atoms with Crippen molar-refractivity contribution in [2.75, 3.05) is 7.11 Å². The summed E-state index contributed by atoms with van der Waals surface area (Å²) >= 11 is 0. The minimum absolute atomic E-state index is 0.109. The van der Waals surface area contributed by atoms with Crippen LogP contribution in [-0.2, 0) is 9.53 Å². The van der Waals surface area contributed by atoms with Gasteiger partial charge in [0.1, 0.15) is 0 Å². The molecular weight excluding hydrogens is 290 g/mol. The van der Waals surface area contributed by atoms with E-state index >= 15 is 0 Å². The molecule has 0 rings (SSSR count). The maximum atomic E-state index is 12.5. The highest BCUT2D eigenvalue weighted by atomic mass is 16.5. The first-order chi connectivity index (χ1) is 10.8. The first-order valence-corrected chi connectivity index (χ1v) is 8.30. The number of allylic oxidation sites excluding steroid dienone is 3. The van der Waals surface area contributed by atoms with Crippen LogP contribution in [0.25, 0.3) is 0 Å². The molecular formula is C19H33NO3. The van der Waals surface area contributed by atoms with Crippen molar-refractivity contribution in [3.05, 3.63) is 36.5 Å². The Kier molecular flexibility index (Phi) is 10.5. The lowest BCUT2D eigenvalue weighted by Crippen LogP contribution is -2.47. The SMILES string of the molecule is C=C/C=C(\C=C/C)C(O)C(C)NC(=O)C(C)C(OC)C(C)CC. The molecule has 132 valence electrons. The Morgan fingerprint density at radius 2 is 1.96 bits per heavy atom. The maximum Gasteiger partial charge on any atom is 0.225 e. The topological polar surface area (TPSA) is 58.6 Å². The second kappa shape index (κ2) is 11.2. The predicted octanol–water partition coefficient (Wildman–Crippen LogP) is 3.24. The van der Waals surface area contributed by atoms with Crippen molar-refractivity contribution < 1.29 is 14.6 Å². The fourth-order valence-electron chi connectivity index (χ4n) is 2.62. The summed E-state index contributed by atoms with van der Waals surface area (Å²) in [6, 6.07) is -0.401. The highest BCUT2D eigenvalue weighted by Crippen LogP contribution is 2.20. The van der Waals surface area contributed by atoms with Crippen LogP contribution >= 0.6 is 0 Å². The molecule has 5 unspecified atom stereocenters. The van der Waals surface area contributed by atoms with Crippen LogP contribution in [0.4, 0.5) is 0 Å². The van der Waals surface area contributed by atoms with Crippen molar-refractivity contribution in [1.82, 2.24) is 5.32 Å². The third kappa shape index (κ3) is 6.71. The molecule has 0 aliphatic heterocycles. The normalized spacial score (nSPS) is 19.0. The molecule has 0 bridgehead atoms. The average molecular weight is 323 g/mol. The highest BCUT2D eigenvalue weighted by Gasteiger charge is 2.29. The molecule has 5 atom stereocenters. The summed E-state index contributed by atoms with van der Waals surface area (Å²) in [5.74, 6) is -0.0968. The van der Waals surface area contributed by atoms with Crippen LogP contribution in [0.15, 0.2) is 36.5 Å². The minimum Gasteiger partial charge on any atom is -0.386 e. The summed E-state index contributed by atoms with van der Waals surface area (Å²) in [5, 5.41) is 13.3. The van der Waals surface area contributed by atoms with Crippen molar-refractivity contribution in [2.45, 2.75) is 59.3 Å². The van der Waals surface area contributed by atoms with Gasteiger partial charge in [-0.3, -0.25) is 4.79 Å². The summed E-state index contributed by atoms with van der Waals surface area (Å²) in [5.41, 5.74) is 0.716. The number of amides is 1. The predicted molar refractivity (Wildman–Crippen MR) is 96.1 cm³/mol. The maximum absolute atomic E-state index is 12.5. The van der Waals surface area contributed by atoms with Crippen LogP contribution in [-0.4, -0.2) is 36.4 Å². The molecule has 0 aromatic carbocycles. The number of hydrogen-bond donors (Lipinski definition) is 2. The van der Waals surface area contributed by atoms with Crippen LogP contribution in [0.2, 0.25) is 0 Å². The van der Waals surface area contributed by atoms with Crippen LogP contribution in [0.3, 0.4) is 0 Å². The molecule has 0 saturated heterocycles. The Labute approximate surface area is 141 Å². The van der Waals surface area contributed by atoms with Crippen molar-refractivity contribution >= 4 is 5.91 Å². The largest absolute Gasteiger partial charge is 0.386 e. The quantitative estimate of drug-likeness (QED) is 0.607. The van der Waals surface area contributed by atoms with E-state index < -0.39 is 12.1 Å². The van der Waals surface area contributed by atoms with Gasteiger partial charge in [0.2, 0.25) is 5.91 Å². The van der Waals surface area contributed by atoms with Gasteiger partial charge in [-0.25, -0.2) is 0 Å². The Hall–Kier alpha value is -1.39. The van der Waals surface area contributed by atoms with Gasteiger partial charge in [-0.2, -0.15) is 0 Å². The van der Waals surface area contributed by atoms with Crippen LogP contribution in [0, 0.1) is 11.8 Å². The summed E-state index contributed by atoms with van der Waals surface area (Å²) in [4.78, 5) is 12.5. The van der Waals surface area contributed by atoms with Crippen LogP contribution < -0.4 is 5.32 Å². The number of carbonyl (C=O) groups excluding carboxylic acids is 1. The number of carbonyl (C=O) groups is 1. The molecule has 0 fully saturated rings. The second-order valence-electron chi connectivity index (χ2n) is 6.02. The average Bonchev–Trinajstić information content (AvgIpc) is 2.53. The number of aliphatic hydroxyl groups is 1. The molecule has 0 aliphatic rings. The molecule has 0 radical (unpaired) electrons. The van der Waals surface area contributed by atoms with Crippen LogP contribution in [0.5, 0.6) is 0 Å². The zero-order valence-electron chi connectivity index (χ0n) is 15.4. The molecule has 23 heavy (non-hydrogen) atoms. The van der Waals surface area contributed by atoms with Crippen LogP contribution in [0.1, 0.15) is 41.0 Å². The van der Waals surface area contributed by atoms with Crippen molar-refractivity contribution in [3.8, 4) is 0 Å². The molecule has 0 heterocycles. The molecule has 4 nitrogen and oxygen atoms in total. The lowest BCUT2D eigenvalue weighted by molar-refractivity contribution is -0.131. The molecule has 0 aliphatic carbocycles. The summed E-state index contributed by atoms with van der Waals surface area (Å²) in [6.45, 7) is 13.3. The van der Waals surface area contributed by atoms with E-state index in [0.29, 0.717) is 11.5 Å². The van der Waals surface area contributed by atoms with Gasteiger partial charge in [-0.1, -0.05) is 58.1 Å². The van der Waals surface area contributed by atoms with Gasteiger partial charge in [0, 0.05) is 7.11 Å². The molecule has 4 heteroatoms. The number of rotatable bonds is 10. The van der Waals surface area contributed by atoms with Gasteiger partial charge in [0.25, 0.3) is 0 Å². The Bertz CT molecular complexity index is 428. The first kappa shape index (κ1) is 21.6. The van der Waals surface area contributed by atoms with E-state index in [4.69, 9.17) is 4.74 Å². The van der Waals surface area contributed by atoms with Crippen molar-refractivity contribution in [3.63, 3.8) is 0 Å². The first-order valence-electron chi connectivity index (χ1n) is 8.30. The van der Waals surface area contributed by atoms with Crippen molar-refractivity contribution in [2.24, 2.45) is 11.8 Å². The van der Waals surface area contributed by atoms with Crippen molar-refractivity contribution in [1.29, 1.82) is 0 Å². The molecule has 0 spiro atoms. The lowest BCUT2D eigenvalue weighted by atomic mass is 9.90. The van der Waals surface area contributed by atoms with E-state index in [-0.39, 0.29) is 17.9 Å². The van der Waals surface area contributed by atoms with E-state index in [1.54, 1.807) is 26.2 Å². The third-order valence-electron chi connectivity index (χ3n) is 4.24. The molecule has 0 saturated carbocycles. The standard InChI is InChI=1S/C19H33NO3/c1-8-11-16(12-9-2)17(21)15(6)20-19(22)14(5)18(23-7)13(4)10-3/h8-9,11-15,17-18,21H,1,10H2,2-7H3,(H,20,22)/b12-9-,16-11+. The molecule has 2 N–H and O–H groups in total. The smallest absolute Gasteiger partial charge is 0.225 e. The minimum atomic E-state index is -0.787. The molecule has 0 aromatic rings. The Morgan fingerprint density at radius 1 is 1.35 bits per heavy atom. The number of hydrogen-bond acceptors (Lipinski definition) is 3. The number of methoxy groups -OCH3 is 1. The third-order valence-corrected chi connectivity index (χ3v) is 4.24. The summed E-state index contributed by atoms with van der Waals surface area (Å²) < 4.78 is 5.49. The van der Waals surface area contributed by atoms with E-state index in [1.165, 1.54) is 0 Å². The van der Waals surface area contributed by atoms with Gasteiger partial charge in [-0.05, 0) is 25.3 Å². The zero-order chi connectivity index (χ0) is 18.0. The summed E-state index contributed by atoms with van der Waals surface area (Å²) in [6.07, 6.45) is 7.05. The van der Waals surface area contributed by atoms with E-state index in [9.17, 15) is 9.90 Å². The van der Waals surface area contributed by atoms with Gasteiger partial charge in [-0.15, -0.1) is 0 Å². The van der Waals surface area contributed by atoms with Gasteiger partial charge < -0.3 is 15.2 Å². The van der Waals surface area contributed by atoms with E-state index in [0.717, 1.165) is 6.42 Å².